The van der Waals surface area contributed by atoms with Crippen molar-refractivity contribution in [3.05, 3.63) is 18.2 Å². The molecular weight excluding hydrogens is 132 g/mol. The van der Waals surface area contributed by atoms with Crippen molar-refractivity contribution in [2.24, 2.45) is 0 Å². The van der Waals surface area contributed by atoms with Crippen molar-refractivity contribution >= 4 is 11.8 Å². The summed E-state index contributed by atoms with van der Waals surface area (Å²) in [7, 11) is 0. The highest BCUT2D eigenvalue weighted by molar-refractivity contribution is 7.98. The lowest BCUT2D eigenvalue weighted by molar-refractivity contribution is 1.23. The minimum Gasteiger partial charge on any atom is -0.351 e. The monoisotopic (exact) mass is 142 g/mol. The van der Waals surface area contributed by atoms with E-state index in [9.17, 15) is 0 Å². The number of H-pyrrole nitrogens is 1. The Morgan fingerprint density at radius 1 is 1.78 bits per heavy atom. The van der Waals surface area contributed by atoms with Crippen molar-refractivity contribution in [3.63, 3.8) is 0 Å². The van der Waals surface area contributed by atoms with Crippen LogP contribution in [0.15, 0.2) is 12.5 Å². The maximum absolute atomic E-state index is 4.08. The van der Waals surface area contributed by atoms with Crippen LogP contribution in [0.1, 0.15) is 12.6 Å². The zero-order valence-corrected chi connectivity index (χ0v) is 6.24. The van der Waals surface area contributed by atoms with Crippen LogP contribution in [0.25, 0.3) is 0 Å². The van der Waals surface area contributed by atoms with E-state index >= 15 is 0 Å². The average Bonchev–Trinajstić information content (AvgIpc) is 2.34. The van der Waals surface area contributed by atoms with Crippen molar-refractivity contribution in [2.45, 2.75) is 12.7 Å². The molecule has 0 fully saturated rings. The fraction of sp³-hybridized carbons (Fsp3) is 0.500. The number of nitrogens with zero attached hydrogens (tertiary/aromatic N) is 1. The number of nitrogens with one attached hydrogen (secondary N) is 1. The van der Waals surface area contributed by atoms with E-state index in [2.05, 4.69) is 16.9 Å². The van der Waals surface area contributed by atoms with Crippen LogP contribution in [-0.2, 0) is 5.75 Å². The number of hydrogen-bond donors (Lipinski definition) is 1. The molecule has 3 heteroatoms. The van der Waals surface area contributed by atoms with Gasteiger partial charge in [-0.05, 0) is 5.75 Å². The topological polar surface area (TPSA) is 28.7 Å². The maximum atomic E-state index is 4.08. The third-order valence-corrected chi connectivity index (χ3v) is 1.92. The van der Waals surface area contributed by atoms with E-state index in [1.54, 1.807) is 6.33 Å². The third-order valence-electron chi connectivity index (χ3n) is 1.01. The first-order valence-electron chi connectivity index (χ1n) is 2.99. The maximum Gasteiger partial charge on any atom is 0.0923 e. The molecule has 1 N–H and O–H groups in total. The predicted molar refractivity (Wildman–Crippen MR) is 40.4 cm³/mol. The van der Waals surface area contributed by atoms with Gasteiger partial charge in [-0.15, -0.1) is 0 Å². The third kappa shape index (κ3) is 2.10. The van der Waals surface area contributed by atoms with Crippen LogP contribution >= 0.6 is 11.8 Å². The van der Waals surface area contributed by atoms with Gasteiger partial charge in [0.25, 0.3) is 0 Å². The van der Waals surface area contributed by atoms with Crippen LogP contribution in [0, 0.1) is 0 Å². The highest BCUT2D eigenvalue weighted by Gasteiger charge is 1.90. The van der Waals surface area contributed by atoms with Gasteiger partial charge in [-0.25, -0.2) is 4.98 Å². The van der Waals surface area contributed by atoms with Gasteiger partial charge in [0, 0.05) is 11.9 Å². The van der Waals surface area contributed by atoms with Crippen molar-refractivity contribution in [3.8, 4) is 0 Å². The lowest BCUT2D eigenvalue weighted by atomic mass is 10.6. The minimum atomic E-state index is 1.03. The Kier molecular flexibility index (Phi) is 2.64. The van der Waals surface area contributed by atoms with E-state index in [1.807, 2.05) is 18.0 Å². The van der Waals surface area contributed by atoms with E-state index in [0.717, 1.165) is 17.2 Å². The Morgan fingerprint density at radius 2 is 2.67 bits per heavy atom. The van der Waals surface area contributed by atoms with E-state index in [-0.39, 0.29) is 0 Å². The number of hydrogen-bond acceptors (Lipinski definition) is 2. The molecule has 1 rings (SSSR count). The summed E-state index contributed by atoms with van der Waals surface area (Å²) in [5.41, 5.74) is 1.14. The molecule has 0 bridgehead atoms. The number of aromatic nitrogens is 2. The molecule has 1 aromatic heterocycles. The zero-order chi connectivity index (χ0) is 6.53. The molecule has 1 aromatic rings. The molecule has 0 aromatic carbocycles. The quantitative estimate of drug-likeness (QED) is 0.695. The van der Waals surface area contributed by atoms with Crippen LogP contribution < -0.4 is 0 Å². The molecule has 2 nitrogen and oxygen atoms in total. The van der Waals surface area contributed by atoms with Crippen LogP contribution in [0.5, 0.6) is 0 Å². The number of aromatic amines is 1. The van der Waals surface area contributed by atoms with Gasteiger partial charge in [0.2, 0.25) is 0 Å². The Hall–Kier alpha value is -0.440. The zero-order valence-electron chi connectivity index (χ0n) is 5.42. The van der Waals surface area contributed by atoms with Crippen molar-refractivity contribution in [1.82, 2.24) is 9.97 Å². The molecule has 9 heavy (non-hydrogen) atoms. The lowest BCUT2D eigenvalue weighted by Crippen LogP contribution is -1.78. The molecule has 50 valence electrons. The number of thioether (sulfide) groups is 1. The first-order valence-corrected chi connectivity index (χ1v) is 4.14. The Balaban J connectivity index is 2.30. The van der Waals surface area contributed by atoms with Gasteiger partial charge in [0.05, 0.1) is 12.0 Å². The smallest absolute Gasteiger partial charge is 0.0923 e. The molecule has 0 atom stereocenters. The molecule has 0 aliphatic rings. The fourth-order valence-electron chi connectivity index (χ4n) is 0.576. The van der Waals surface area contributed by atoms with E-state index in [1.165, 1.54) is 0 Å². The van der Waals surface area contributed by atoms with Gasteiger partial charge >= 0.3 is 0 Å². The summed E-state index contributed by atoms with van der Waals surface area (Å²) in [5.74, 6) is 2.19. The molecular formula is C6H10N2S. The second-order valence-electron chi connectivity index (χ2n) is 1.70. The molecule has 0 aliphatic carbocycles. The largest absolute Gasteiger partial charge is 0.351 e. The van der Waals surface area contributed by atoms with Gasteiger partial charge in [-0.2, -0.15) is 11.8 Å². The summed E-state index contributed by atoms with van der Waals surface area (Å²) in [4.78, 5) is 6.99. The molecule has 0 unspecified atom stereocenters. The van der Waals surface area contributed by atoms with Crippen molar-refractivity contribution < 1.29 is 0 Å². The first-order chi connectivity index (χ1) is 4.43. The second kappa shape index (κ2) is 3.56. The summed E-state index contributed by atoms with van der Waals surface area (Å²) < 4.78 is 0. The van der Waals surface area contributed by atoms with Crippen LogP contribution in [-0.4, -0.2) is 15.7 Å². The summed E-state index contributed by atoms with van der Waals surface area (Å²) in [6.07, 6.45) is 3.65. The highest BCUT2D eigenvalue weighted by Crippen LogP contribution is 2.06. The normalized spacial score (nSPS) is 9.89. The summed E-state index contributed by atoms with van der Waals surface area (Å²) in [6.45, 7) is 2.15. The summed E-state index contributed by atoms with van der Waals surface area (Å²) in [6, 6.07) is 0. The molecule has 0 saturated carbocycles. The summed E-state index contributed by atoms with van der Waals surface area (Å²) in [5, 5.41) is 0. The standard InChI is InChI=1S/C6H10N2S/c1-2-9-4-6-3-7-5-8-6/h3,5H,2,4H2,1H3,(H,7,8). The highest BCUT2D eigenvalue weighted by atomic mass is 32.2. The lowest BCUT2D eigenvalue weighted by Gasteiger charge is -1.89. The van der Waals surface area contributed by atoms with Crippen LogP contribution in [0.3, 0.4) is 0 Å². The van der Waals surface area contributed by atoms with Gasteiger partial charge in [-0.3, -0.25) is 0 Å². The van der Waals surface area contributed by atoms with E-state index in [0.29, 0.717) is 0 Å². The minimum absolute atomic E-state index is 1.03. The van der Waals surface area contributed by atoms with E-state index < -0.39 is 0 Å². The van der Waals surface area contributed by atoms with Crippen LogP contribution in [0.2, 0.25) is 0 Å². The second-order valence-corrected chi connectivity index (χ2v) is 2.97. The fourth-order valence-corrected chi connectivity index (χ4v) is 1.15. The van der Waals surface area contributed by atoms with E-state index in [4.69, 9.17) is 0 Å². The molecule has 0 aliphatic heterocycles. The Bertz CT molecular complexity index is 148. The number of imidazole rings is 1. The van der Waals surface area contributed by atoms with Crippen molar-refractivity contribution in [1.29, 1.82) is 0 Å². The Labute approximate surface area is 59.1 Å². The first kappa shape index (κ1) is 6.68. The van der Waals surface area contributed by atoms with Crippen LogP contribution in [0.4, 0.5) is 0 Å². The van der Waals surface area contributed by atoms with Crippen molar-refractivity contribution in [2.75, 3.05) is 5.75 Å². The molecule has 0 amide bonds. The SMILES string of the molecule is CCSCc1c[nH]cn1. The molecule has 1 heterocycles. The average molecular weight is 142 g/mol. The van der Waals surface area contributed by atoms with Gasteiger partial charge in [0.1, 0.15) is 0 Å². The van der Waals surface area contributed by atoms with Gasteiger partial charge in [0.15, 0.2) is 0 Å². The molecule has 0 saturated heterocycles. The molecule has 0 radical (unpaired) electrons. The predicted octanol–water partition coefficient (Wildman–Crippen LogP) is 1.66. The van der Waals surface area contributed by atoms with Gasteiger partial charge in [-0.1, -0.05) is 6.92 Å². The summed E-state index contributed by atoms with van der Waals surface area (Å²) >= 11 is 1.88. The Morgan fingerprint density at radius 3 is 3.22 bits per heavy atom. The molecule has 0 spiro atoms. The van der Waals surface area contributed by atoms with Gasteiger partial charge < -0.3 is 4.98 Å². The number of rotatable bonds is 3.